The van der Waals surface area contributed by atoms with Crippen LogP contribution >= 0.6 is 0 Å². The Labute approximate surface area is 139 Å². The summed E-state index contributed by atoms with van der Waals surface area (Å²) in [5.41, 5.74) is 2.85. The van der Waals surface area contributed by atoms with Gasteiger partial charge in [0.15, 0.2) is 0 Å². The fourth-order valence-corrected chi connectivity index (χ4v) is 3.39. The summed E-state index contributed by atoms with van der Waals surface area (Å²) in [5, 5.41) is 3.02. The van der Waals surface area contributed by atoms with Crippen LogP contribution in [0.15, 0.2) is 48.8 Å². The summed E-state index contributed by atoms with van der Waals surface area (Å²) in [4.78, 5) is 17.3. The second-order valence-electron chi connectivity index (χ2n) is 6.46. The molecular formula is C19H18FN3O. The highest BCUT2D eigenvalue weighted by molar-refractivity contribution is 5.99. The van der Waals surface area contributed by atoms with E-state index in [1.54, 1.807) is 12.1 Å². The van der Waals surface area contributed by atoms with E-state index in [4.69, 9.17) is 0 Å². The molecule has 1 aliphatic rings. The van der Waals surface area contributed by atoms with Crippen LogP contribution in [0.2, 0.25) is 0 Å². The summed E-state index contributed by atoms with van der Waals surface area (Å²) >= 11 is 0. The van der Waals surface area contributed by atoms with E-state index >= 15 is 0 Å². The molecule has 4 nitrogen and oxygen atoms in total. The highest BCUT2D eigenvalue weighted by Gasteiger charge is 2.45. The van der Waals surface area contributed by atoms with Crippen molar-refractivity contribution in [3.8, 4) is 0 Å². The third kappa shape index (κ3) is 2.37. The first-order valence-electron chi connectivity index (χ1n) is 8.10. The average Bonchev–Trinajstić information content (AvgIpc) is 2.87. The summed E-state index contributed by atoms with van der Waals surface area (Å²) < 4.78 is 15.1. The minimum atomic E-state index is -0.548. The summed E-state index contributed by atoms with van der Waals surface area (Å²) in [6.07, 6.45) is 6.37. The lowest BCUT2D eigenvalue weighted by Crippen LogP contribution is -2.46. The summed E-state index contributed by atoms with van der Waals surface area (Å²) in [6.45, 7) is 1.93. The van der Waals surface area contributed by atoms with Crippen molar-refractivity contribution in [2.45, 2.75) is 31.6 Å². The van der Waals surface area contributed by atoms with Crippen LogP contribution < -0.4 is 5.32 Å². The lowest BCUT2D eigenvalue weighted by atomic mass is 9.64. The Morgan fingerprint density at radius 1 is 1.17 bits per heavy atom. The molecule has 2 heterocycles. The Hall–Kier alpha value is -2.69. The molecule has 0 radical (unpaired) electrons. The quantitative estimate of drug-likeness (QED) is 0.796. The summed E-state index contributed by atoms with van der Waals surface area (Å²) in [5.74, 6) is -0.314. The van der Waals surface area contributed by atoms with E-state index in [2.05, 4.69) is 10.3 Å². The number of aromatic nitrogens is 2. The molecule has 1 aliphatic carbocycles. The van der Waals surface area contributed by atoms with Crippen LogP contribution in [0.3, 0.4) is 0 Å². The molecule has 0 spiro atoms. The number of aryl methyl sites for hydroxylation is 1. The first kappa shape index (κ1) is 14.9. The van der Waals surface area contributed by atoms with Crippen LogP contribution in [0.1, 0.15) is 30.5 Å². The molecule has 1 aromatic carbocycles. The number of fused-ring (bicyclic) bond motifs is 1. The van der Waals surface area contributed by atoms with Crippen LogP contribution in [-0.4, -0.2) is 15.3 Å². The van der Waals surface area contributed by atoms with Gasteiger partial charge in [0.05, 0.1) is 16.8 Å². The van der Waals surface area contributed by atoms with Crippen molar-refractivity contribution in [2.75, 3.05) is 5.32 Å². The van der Waals surface area contributed by atoms with E-state index in [1.165, 1.54) is 12.1 Å². The zero-order valence-electron chi connectivity index (χ0n) is 13.4. The number of carbonyl (C=O) groups is 1. The molecule has 1 saturated carbocycles. The van der Waals surface area contributed by atoms with Gasteiger partial charge >= 0.3 is 0 Å². The van der Waals surface area contributed by atoms with Gasteiger partial charge in [-0.15, -0.1) is 0 Å². The van der Waals surface area contributed by atoms with Gasteiger partial charge < -0.3 is 9.72 Å². The monoisotopic (exact) mass is 323 g/mol. The number of hydrogen-bond acceptors (Lipinski definition) is 2. The molecule has 0 bridgehead atoms. The van der Waals surface area contributed by atoms with Crippen LogP contribution in [0.4, 0.5) is 10.1 Å². The average molecular weight is 323 g/mol. The number of benzene rings is 1. The molecule has 2 aromatic heterocycles. The van der Waals surface area contributed by atoms with Gasteiger partial charge in [-0.1, -0.05) is 18.6 Å². The number of nitrogens with one attached hydrogen (secondary N) is 1. The lowest BCUT2D eigenvalue weighted by Gasteiger charge is -2.40. The van der Waals surface area contributed by atoms with Crippen molar-refractivity contribution in [1.29, 1.82) is 0 Å². The SMILES string of the molecule is Cc1cn2cc(NC(=O)C3(c4ccc(F)cc4)CCC3)ccc2n1. The van der Waals surface area contributed by atoms with Crippen molar-refractivity contribution >= 4 is 17.2 Å². The molecular weight excluding hydrogens is 305 g/mol. The Balaban J connectivity index is 1.62. The Bertz CT molecular complexity index is 910. The molecule has 1 fully saturated rings. The van der Waals surface area contributed by atoms with Gasteiger partial charge in [0.2, 0.25) is 5.91 Å². The molecule has 3 aromatic rings. The minimum Gasteiger partial charge on any atom is -0.324 e. The van der Waals surface area contributed by atoms with Crippen molar-refractivity contribution in [3.63, 3.8) is 0 Å². The van der Waals surface area contributed by atoms with Gasteiger partial charge in [-0.25, -0.2) is 9.37 Å². The molecule has 0 saturated heterocycles. The number of hydrogen-bond donors (Lipinski definition) is 1. The topological polar surface area (TPSA) is 46.4 Å². The van der Waals surface area contributed by atoms with Crippen molar-refractivity contribution < 1.29 is 9.18 Å². The molecule has 0 aliphatic heterocycles. The molecule has 1 N–H and O–H groups in total. The number of nitrogens with zero attached hydrogens (tertiary/aromatic N) is 2. The summed E-state index contributed by atoms with van der Waals surface area (Å²) in [6, 6.07) is 10.0. The van der Waals surface area contributed by atoms with E-state index in [0.29, 0.717) is 0 Å². The second-order valence-corrected chi connectivity index (χ2v) is 6.46. The van der Waals surface area contributed by atoms with Crippen LogP contribution in [0.5, 0.6) is 0 Å². The standard InChI is InChI=1S/C19H18FN3O/c1-13-11-23-12-16(7-8-17(23)21-13)22-18(24)19(9-2-10-19)14-3-5-15(20)6-4-14/h3-8,11-12H,2,9-10H2,1H3,(H,22,24). The largest absolute Gasteiger partial charge is 0.324 e. The van der Waals surface area contributed by atoms with Crippen LogP contribution in [0, 0.1) is 12.7 Å². The maximum absolute atomic E-state index is 13.2. The zero-order chi connectivity index (χ0) is 16.7. The van der Waals surface area contributed by atoms with E-state index in [1.807, 2.05) is 35.9 Å². The minimum absolute atomic E-state index is 0.0310. The van der Waals surface area contributed by atoms with E-state index in [9.17, 15) is 9.18 Å². The second kappa shape index (κ2) is 5.44. The van der Waals surface area contributed by atoms with E-state index in [-0.39, 0.29) is 11.7 Å². The smallest absolute Gasteiger partial charge is 0.235 e. The number of anilines is 1. The maximum atomic E-state index is 13.2. The number of amides is 1. The highest BCUT2D eigenvalue weighted by Crippen LogP contribution is 2.44. The predicted molar refractivity (Wildman–Crippen MR) is 90.5 cm³/mol. The van der Waals surface area contributed by atoms with Gasteiger partial charge in [-0.05, 0) is 49.6 Å². The molecule has 1 amide bonds. The highest BCUT2D eigenvalue weighted by atomic mass is 19.1. The predicted octanol–water partition coefficient (Wildman–Crippen LogP) is 3.84. The van der Waals surface area contributed by atoms with E-state index < -0.39 is 5.41 Å². The van der Waals surface area contributed by atoms with Gasteiger partial charge in [0.1, 0.15) is 11.5 Å². The Morgan fingerprint density at radius 2 is 1.92 bits per heavy atom. The first-order valence-corrected chi connectivity index (χ1v) is 8.10. The van der Waals surface area contributed by atoms with Gasteiger partial charge in [-0.3, -0.25) is 4.79 Å². The number of halogens is 1. The van der Waals surface area contributed by atoms with Crippen molar-refractivity contribution in [3.05, 3.63) is 65.9 Å². The fourth-order valence-electron chi connectivity index (χ4n) is 3.39. The van der Waals surface area contributed by atoms with Crippen molar-refractivity contribution in [2.24, 2.45) is 0 Å². The van der Waals surface area contributed by atoms with Gasteiger partial charge in [0, 0.05) is 12.4 Å². The zero-order valence-corrected chi connectivity index (χ0v) is 13.4. The lowest BCUT2D eigenvalue weighted by molar-refractivity contribution is -0.124. The number of pyridine rings is 1. The Morgan fingerprint density at radius 3 is 2.58 bits per heavy atom. The number of carbonyl (C=O) groups excluding carboxylic acids is 1. The van der Waals surface area contributed by atoms with Crippen LogP contribution in [0.25, 0.3) is 5.65 Å². The molecule has 4 rings (SSSR count). The molecule has 122 valence electrons. The molecule has 24 heavy (non-hydrogen) atoms. The molecule has 0 unspecified atom stereocenters. The van der Waals surface area contributed by atoms with Crippen LogP contribution in [-0.2, 0) is 10.2 Å². The number of imidazole rings is 1. The Kier molecular flexibility index (Phi) is 3.37. The fraction of sp³-hybridized carbons (Fsp3) is 0.263. The van der Waals surface area contributed by atoms with Gasteiger partial charge in [0.25, 0.3) is 0 Å². The normalized spacial score (nSPS) is 15.9. The van der Waals surface area contributed by atoms with E-state index in [0.717, 1.165) is 41.9 Å². The molecule has 0 atom stereocenters. The maximum Gasteiger partial charge on any atom is 0.235 e. The first-order chi connectivity index (χ1) is 11.6. The third-order valence-corrected chi connectivity index (χ3v) is 4.87. The summed E-state index contributed by atoms with van der Waals surface area (Å²) in [7, 11) is 0. The van der Waals surface area contributed by atoms with Crippen molar-refractivity contribution in [1.82, 2.24) is 9.38 Å². The third-order valence-electron chi connectivity index (χ3n) is 4.87. The molecule has 5 heteroatoms. The number of rotatable bonds is 3. The van der Waals surface area contributed by atoms with Gasteiger partial charge in [-0.2, -0.15) is 0 Å².